The van der Waals surface area contributed by atoms with Crippen LogP contribution in [0.3, 0.4) is 0 Å². The molecule has 3 aromatic rings. The van der Waals surface area contributed by atoms with Gasteiger partial charge in [0, 0.05) is 5.69 Å². The molecular formula is C26H23BrN2O3. The second-order valence-corrected chi connectivity index (χ2v) is 8.18. The van der Waals surface area contributed by atoms with Gasteiger partial charge in [-0.25, -0.2) is 0 Å². The van der Waals surface area contributed by atoms with E-state index in [0.29, 0.717) is 29.4 Å². The van der Waals surface area contributed by atoms with Crippen LogP contribution in [0, 0.1) is 25.2 Å². The largest absolute Gasteiger partial charge is 0.497 e. The first-order chi connectivity index (χ1) is 15.4. The quantitative estimate of drug-likeness (QED) is 0.316. The number of aryl methyl sites for hydroxylation is 2. The molecular weight excluding hydrogens is 468 g/mol. The van der Waals surface area contributed by atoms with Gasteiger partial charge in [0.05, 0.1) is 11.6 Å². The minimum Gasteiger partial charge on any atom is -0.497 e. The van der Waals surface area contributed by atoms with Gasteiger partial charge in [0.1, 0.15) is 29.7 Å². The maximum Gasteiger partial charge on any atom is 0.266 e. The highest BCUT2D eigenvalue weighted by Crippen LogP contribution is 2.28. The first-order valence-corrected chi connectivity index (χ1v) is 10.7. The van der Waals surface area contributed by atoms with E-state index in [1.807, 2.05) is 18.2 Å². The fraction of sp³-hybridized carbons (Fsp3) is 0.154. The maximum absolute atomic E-state index is 12.5. The van der Waals surface area contributed by atoms with Gasteiger partial charge in [0.25, 0.3) is 5.91 Å². The third kappa shape index (κ3) is 6.22. The molecule has 5 nitrogen and oxygen atoms in total. The average Bonchev–Trinajstić information content (AvgIpc) is 2.76. The van der Waals surface area contributed by atoms with Crippen molar-refractivity contribution in [2.24, 2.45) is 0 Å². The maximum atomic E-state index is 12.5. The molecule has 0 fully saturated rings. The lowest BCUT2D eigenvalue weighted by Crippen LogP contribution is -2.13. The Morgan fingerprint density at radius 2 is 1.75 bits per heavy atom. The minimum atomic E-state index is -0.482. The Balaban J connectivity index is 1.70. The third-order valence-electron chi connectivity index (χ3n) is 4.66. The van der Waals surface area contributed by atoms with Crippen molar-refractivity contribution in [3.8, 4) is 17.6 Å². The van der Waals surface area contributed by atoms with E-state index < -0.39 is 5.91 Å². The van der Waals surface area contributed by atoms with Gasteiger partial charge in [0.15, 0.2) is 0 Å². The molecule has 1 N–H and O–H groups in total. The summed E-state index contributed by atoms with van der Waals surface area (Å²) in [7, 11) is 1.57. The number of ether oxygens (including phenoxy) is 2. The molecule has 6 heteroatoms. The Bertz CT molecular complexity index is 1170. The van der Waals surface area contributed by atoms with Crippen molar-refractivity contribution in [3.05, 3.63) is 93.0 Å². The third-order valence-corrected chi connectivity index (χ3v) is 5.28. The molecule has 0 saturated carbocycles. The first-order valence-electron chi connectivity index (χ1n) is 9.94. The highest BCUT2D eigenvalue weighted by molar-refractivity contribution is 9.10. The number of benzene rings is 3. The molecule has 0 aromatic heterocycles. The highest BCUT2D eigenvalue weighted by atomic mass is 79.9. The lowest BCUT2D eigenvalue weighted by molar-refractivity contribution is -0.112. The van der Waals surface area contributed by atoms with Crippen LogP contribution in [0.15, 0.2) is 70.7 Å². The normalized spacial score (nSPS) is 10.9. The molecule has 0 heterocycles. The monoisotopic (exact) mass is 490 g/mol. The molecule has 0 atom stereocenters. The van der Waals surface area contributed by atoms with E-state index in [-0.39, 0.29) is 5.57 Å². The van der Waals surface area contributed by atoms with Crippen LogP contribution in [0.5, 0.6) is 11.5 Å². The van der Waals surface area contributed by atoms with E-state index in [4.69, 9.17) is 9.47 Å². The first kappa shape index (κ1) is 23.1. The molecule has 0 unspecified atom stereocenters. The summed E-state index contributed by atoms with van der Waals surface area (Å²) in [5.41, 5.74) is 4.77. The van der Waals surface area contributed by atoms with Gasteiger partial charge in [-0.3, -0.25) is 4.79 Å². The Kier molecular flexibility index (Phi) is 7.69. The van der Waals surface area contributed by atoms with Gasteiger partial charge in [-0.2, -0.15) is 5.26 Å². The molecule has 3 aromatic carbocycles. The number of methoxy groups -OCH3 is 1. The number of nitrogens with one attached hydrogen (secondary N) is 1. The number of halogens is 1. The molecule has 3 rings (SSSR count). The Morgan fingerprint density at radius 3 is 2.34 bits per heavy atom. The number of carbonyl (C=O) groups is 1. The lowest BCUT2D eigenvalue weighted by atomic mass is 10.1. The standard InChI is InChI=1S/C26H23BrN2O3/c1-17-10-18(2)12-20(11-17)16-32-25-9-4-19(14-24(25)27)13-21(15-28)26(30)29-22-5-7-23(31-3)8-6-22/h4-14H,16H2,1-3H3,(H,29,30)/b21-13+. The van der Waals surface area contributed by atoms with Crippen LogP contribution in [0.25, 0.3) is 6.08 Å². The summed E-state index contributed by atoms with van der Waals surface area (Å²) in [6.45, 7) is 4.57. The van der Waals surface area contributed by atoms with E-state index >= 15 is 0 Å². The van der Waals surface area contributed by atoms with E-state index in [1.165, 1.54) is 17.2 Å². The fourth-order valence-corrected chi connectivity index (χ4v) is 3.74. The zero-order valence-corrected chi connectivity index (χ0v) is 19.7. The predicted molar refractivity (Wildman–Crippen MR) is 130 cm³/mol. The number of hydrogen-bond acceptors (Lipinski definition) is 4. The number of anilines is 1. The Labute approximate surface area is 196 Å². The van der Waals surface area contributed by atoms with Crippen LogP contribution in [0.1, 0.15) is 22.3 Å². The SMILES string of the molecule is COc1ccc(NC(=O)/C(C#N)=C/c2ccc(OCc3cc(C)cc(C)c3)c(Br)c2)cc1. The summed E-state index contributed by atoms with van der Waals surface area (Å²) in [4.78, 5) is 12.5. The molecule has 0 saturated heterocycles. The number of hydrogen-bond donors (Lipinski definition) is 1. The molecule has 0 aliphatic heterocycles. The summed E-state index contributed by atoms with van der Waals surface area (Å²) in [6, 6.07) is 20.6. The van der Waals surface area contributed by atoms with E-state index in [0.717, 1.165) is 10.0 Å². The number of rotatable bonds is 7. The van der Waals surface area contributed by atoms with Crippen molar-refractivity contribution in [3.63, 3.8) is 0 Å². The summed E-state index contributed by atoms with van der Waals surface area (Å²) in [6.07, 6.45) is 1.54. The van der Waals surface area contributed by atoms with Crippen molar-refractivity contribution < 1.29 is 14.3 Å². The molecule has 0 aliphatic rings. The zero-order valence-electron chi connectivity index (χ0n) is 18.1. The van der Waals surface area contributed by atoms with Crippen molar-refractivity contribution in [1.82, 2.24) is 0 Å². The molecule has 1 amide bonds. The molecule has 0 radical (unpaired) electrons. The van der Waals surface area contributed by atoms with Crippen LogP contribution < -0.4 is 14.8 Å². The smallest absolute Gasteiger partial charge is 0.266 e. The van der Waals surface area contributed by atoms with E-state index in [2.05, 4.69) is 53.3 Å². The summed E-state index contributed by atoms with van der Waals surface area (Å²) in [5, 5.41) is 12.2. The molecule has 0 aliphatic carbocycles. The summed E-state index contributed by atoms with van der Waals surface area (Å²) in [5.74, 6) is 0.884. The van der Waals surface area contributed by atoms with Gasteiger partial charge in [-0.15, -0.1) is 0 Å². The van der Waals surface area contributed by atoms with Crippen molar-refractivity contribution in [2.75, 3.05) is 12.4 Å². The van der Waals surface area contributed by atoms with E-state index in [9.17, 15) is 10.1 Å². The van der Waals surface area contributed by atoms with Crippen LogP contribution in [-0.2, 0) is 11.4 Å². The van der Waals surface area contributed by atoms with Gasteiger partial charge >= 0.3 is 0 Å². The van der Waals surface area contributed by atoms with Crippen molar-refractivity contribution in [1.29, 1.82) is 5.26 Å². The highest BCUT2D eigenvalue weighted by Gasteiger charge is 2.11. The summed E-state index contributed by atoms with van der Waals surface area (Å²) >= 11 is 3.52. The van der Waals surface area contributed by atoms with Gasteiger partial charge in [-0.05, 0) is 83.4 Å². The summed E-state index contributed by atoms with van der Waals surface area (Å²) < 4.78 is 11.8. The molecule has 0 bridgehead atoms. The number of nitriles is 1. The second kappa shape index (κ2) is 10.7. The molecule has 32 heavy (non-hydrogen) atoms. The van der Waals surface area contributed by atoms with Gasteiger partial charge in [0.2, 0.25) is 0 Å². The van der Waals surface area contributed by atoms with Crippen LogP contribution >= 0.6 is 15.9 Å². The van der Waals surface area contributed by atoms with Crippen molar-refractivity contribution in [2.45, 2.75) is 20.5 Å². The molecule has 0 spiro atoms. The van der Waals surface area contributed by atoms with Gasteiger partial charge in [-0.1, -0.05) is 35.4 Å². The fourth-order valence-electron chi connectivity index (χ4n) is 3.23. The van der Waals surface area contributed by atoms with Crippen LogP contribution in [0.4, 0.5) is 5.69 Å². The number of nitrogens with zero attached hydrogens (tertiary/aromatic N) is 1. The topological polar surface area (TPSA) is 71.3 Å². The van der Waals surface area contributed by atoms with Crippen molar-refractivity contribution >= 4 is 33.6 Å². The van der Waals surface area contributed by atoms with Crippen LogP contribution in [0.2, 0.25) is 0 Å². The number of amides is 1. The number of carbonyl (C=O) groups excluding carboxylic acids is 1. The predicted octanol–water partition coefficient (Wildman–Crippen LogP) is 6.20. The van der Waals surface area contributed by atoms with Gasteiger partial charge < -0.3 is 14.8 Å². The Hall–Kier alpha value is -3.56. The Morgan fingerprint density at radius 1 is 1.06 bits per heavy atom. The minimum absolute atomic E-state index is 0.00313. The van der Waals surface area contributed by atoms with Crippen LogP contribution in [-0.4, -0.2) is 13.0 Å². The second-order valence-electron chi connectivity index (χ2n) is 7.33. The molecule has 162 valence electrons. The van der Waals surface area contributed by atoms with E-state index in [1.54, 1.807) is 37.4 Å². The average molecular weight is 491 g/mol. The lowest BCUT2D eigenvalue weighted by Gasteiger charge is -2.10. The zero-order chi connectivity index (χ0) is 23.1.